The van der Waals surface area contributed by atoms with E-state index in [0.29, 0.717) is 5.92 Å². The van der Waals surface area contributed by atoms with Crippen LogP contribution in [0.25, 0.3) is 0 Å². The maximum atomic E-state index is 4.72. The summed E-state index contributed by atoms with van der Waals surface area (Å²) in [4.78, 5) is 9.37. The van der Waals surface area contributed by atoms with Crippen molar-refractivity contribution >= 4 is 11.6 Å². The molecule has 0 aliphatic heterocycles. The molecule has 2 N–H and O–H groups in total. The van der Waals surface area contributed by atoms with Gasteiger partial charge in [-0.3, -0.25) is 0 Å². The van der Waals surface area contributed by atoms with Crippen molar-refractivity contribution in [3.05, 3.63) is 11.9 Å². The molecule has 4 heteroatoms. The van der Waals surface area contributed by atoms with E-state index >= 15 is 0 Å². The molecule has 2 rings (SSSR count). The van der Waals surface area contributed by atoms with E-state index in [1.807, 2.05) is 6.07 Å². The molecule has 1 saturated carbocycles. The Balaban J connectivity index is 2.19. The minimum Gasteiger partial charge on any atom is -0.370 e. The molecular formula is C16H28N4. The van der Waals surface area contributed by atoms with E-state index in [4.69, 9.17) is 4.98 Å². The lowest BCUT2D eigenvalue weighted by atomic mass is 9.96. The molecule has 0 aromatic carbocycles. The maximum Gasteiger partial charge on any atom is 0.136 e. The number of nitrogens with one attached hydrogen (secondary N) is 2. The SMILES string of the molecule is CCCNc1cc(NC(C)(CC)CC)nc(C2CC2)n1. The topological polar surface area (TPSA) is 49.8 Å². The Hall–Kier alpha value is -1.32. The van der Waals surface area contributed by atoms with Crippen LogP contribution < -0.4 is 10.6 Å². The summed E-state index contributed by atoms with van der Waals surface area (Å²) >= 11 is 0. The molecule has 1 heterocycles. The van der Waals surface area contributed by atoms with Gasteiger partial charge in [-0.1, -0.05) is 20.8 Å². The van der Waals surface area contributed by atoms with Crippen molar-refractivity contribution in [3.63, 3.8) is 0 Å². The highest BCUT2D eigenvalue weighted by atomic mass is 15.1. The summed E-state index contributed by atoms with van der Waals surface area (Å²) in [6.45, 7) is 9.82. The number of rotatable bonds is 8. The summed E-state index contributed by atoms with van der Waals surface area (Å²) < 4.78 is 0. The van der Waals surface area contributed by atoms with Crippen molar-refractivity contribution < 1.29 is 0 Å². The van der Waals surface area contributed by atoms with Crippen LogP contribution >= 0.6 is 0 Å². The van der Waals surface area contributed by atoms with Crippen molar-refractivity contribution in [2.45, 2.75) is 71.3 Å². The molecule has 1 aromatic heterocycles. The number of aromatic nitrogens is 2. The van der Waals surface area contributed by atoms with Gasteiger partial charge in [0.05, 0.1) is 0 Å². The average molecular weight is 276 g/mol. The van der Waals surface area contributed by atoms with Crippen LogP contribution in [0.3, 0.4) is 0 Å². The van der Waals surface area contributed by atoms with E-state index in [0.717, 1.165) is 43.3 Å². The summed E-state index contributed by atoms with van der Waals surface area (Å²) in [7, 11) is 0. The Bertz CT molecular complexity index is 436. The second-order valence-corrected chi connectivity index (χ2v) is 6.09. The van der Waals surface area contributed by atoms with Crippen molar-refractivity contribution in [3.8, 4) is 0 Å². The zero-order valence-electron chi connectivity index (χ0n) is 13.3. The van der Waals surface area contributed by atoms with Crippen molar-refractivity contribution in [1.29, 1.82) is 0 Å². The Kier molecular flexibility index (Phi) is 4.84. The Morgan fingerprint density at radius 2 is 1.80 bits per heavy atom. The van der Waals surface area contributed by atoms with Crippen LogP contribution in [0.5, 0.6) is 0 Å². The fourth-order valence-corrected chi connectivity index (χ4v) is 2.13. The lowest BCUT2D eigenvalue weighted by molar-refractivity contribution is 0.476. The third-order valence-corrected chi connectivity index (χ3v) is 4.23. The molecule has 0 saturated heterocycles. The molecule has 112 valence electrons. The fourth-order valence-electron chi connectivity index (χ4n) is 2.13. The van der Waals surface area contributed by atoms with Crippen LogP contribution in [0.1, 0.15) is 71.5 Å². The predicted octanol–water partition coefficient (Wildman–Crippen LogP) is 4.17. The largest absolute Gasteiger partial charge is 0.370 e. The summed E-state index contributed by atoms with van der Waals surface area (Å²) in [6.07, 6.45) is 5.74. The summed E-state index contributed by atoms with van der Waals surface area (Å²) in [6, 6.07) is 2.05. The van der Waals surface area contributed by atoms with Gasteiger partial charge in [-0.15, -0.1) is 0 Å². The van der Waals surface area contributed by atoms with Crippen LogP contribution in [0.4, 0.5) is 11.6 Å². The summed E-state index contributed by atoms with van der Waals surface area (Å²) in [5, 5.41) is 6.99. The zero-order valence-corrected chi connectivity index (χ0v) is 13.3. The minimum absolute atomic E-state index is 0.108. The van der Waals surface area contributed by atoms with Gasteiger partial charge in [-0.25, -0.2) is 9.97 Å². The number of anilines is 2. The smallest absolute Gasteiger partial charge is 0.136 e. The van der Waals surface area contributed by atoms with Crippen LogP contribution in [0.2, 0.25) is 0 Å². The van der Waals surface area contributed by atoms with Gasteiger partial charge in [0, 0.05) is 24.1 Å². The van der Waals surface area contributed by atoms with Gasteiger partial charge in [-0.05, 0) is 39.0 Å². The summed E-state index contributed by atoms with van der Waals surface area (Å²) in [5.74, 6) is 3.50. The van der Waals surface area contributed by atoms with Gasteiger partial charge in [0.25, 0.3) is 0 Å². The molecule has 0 radical (unpaired) electrons. The zero-order chi connectivity index (χ0) is 14.6. The molecule has 20 heavy (non-hydrogen) atoms. The van der Waals surface area contributed by atoms with Crippen molar-refractivity contribution in [1.82, 2.24) is 9.97 Å². The lowest BCUT2D eigenvalue weighted by Gasteiger charge is -2.29. The molecule has 0 spiro atoms. The van der Waals surface area contributed by atoms with Crippen LogP contribution in [0.15, 0.2) is 6.07 Å². The first-order valence-electron chi connectivity index (χ1n) is 8.01. The standard InChI is InChI=1S/C16H28N4/c1-5-10-17-13-11-14(20-16(4,6-2)7-3)19-15(18-13)12-8-9-12/h11-12H,5-10H2,1-4H3,(H2,17,18,19,20). The Morgan fingerprint density at radius 1 is 1.15 bits per heavy atom. The molecule has 1 aliphatic carbocycles. The monoisotopic (exact) mass is 276 g/mol. The van der Waals surface area contributed by atoms with E-state index in [9.17, 15) is 0 Å². The number of hydrogen-bond acceptors (Lipinski definition) is 4. The molecule has 0 atom stereocenters. The Morgan fingerprint density at radius 3 is 2.35 bits per heavy atom. The molecule has 0 unspecified atom stereocenters. The first kappa shape index (κ1) is 15.1. The highest BCUT2D eigenvalue weighted by molar-refractivity contribution is 5.49. The molecular weight excluding hydrogens is 248 g/mol. The van der Waals surface area contributed by atoms with Crippen molar-refractivity contribution in [2.75, 3.05) is 17.2 Å². The fraction of sp³-hybridized carbons (Fsp3) is 0.750. The van der Waals surface area contributed by atoms with Crippen LogP contribution in [0, 0.1) is 0 Å². The van der Waals surface area contributed by atoms with Gasteiger partial charge >= 0.3 is 0 Å². The molecule has 1 aromatic rings. The second kappa shape index (κ2) is 6.42. The predicted molar refractivity (Wildman–Crippen MR) is 85.4 cm³/mol. The van der Waals surface area contributed by atoms with Crippen LogP contribution in [-0.4, -0.2) is 22.1 Å². The highest BCUT2D eigenvalue weighted by Gasteiger charge is 2.28. The van der Waals surface area contributed by atoms with Gasteiger partial charge in [0.1, 0.15) is 17.5 Å². The quantitative estimate of drug-likeness (QED) is 0.748. The van der Waals surface area contributed by atoms with Gasteiger partial charge in [0.15, 0.2) is 0 Å². The normalized spacial score (nSPS) is 15.2. The maximum absolute atomic E-state index is 4.72. The van der Waals surface area contributed by atoms with E-state index in [1.54, 1.807) is 0 Å². The third-order valence-electron chi connectivity index (χ3n) is 4.23. The second-order valence-electron chi connectivity index (χ2n) is 6.09. The minimum atomic E-state index is 0.108. The molecule has 0 amide bonds. The van der Waals surface area contributed by atoms with Gasteiger partial charge in [0.2, 0.25) is 0 Å². The van der Waals surface area contributed by atoms with Crippen molar-refractivity contribution in [2.24, 2.45) is 0 Å². The van der Waals surface area contributed by atoms with E-state index < -0.39 is 0 Å². The number of hydrogen-bond donors (Lipinski definition) is 2. The number of nitrogens with zero attached hydrogens (tertiary/aromatic N) is 2. The van der Waals surface area contributed by atoms with E-state index in [2.05, 4.69) is 43.3 Å². The van der Waals surface area contributed by atoms with Gasteiger partial charge < -0.3 is 10.6 Å². The lowest BCUT2D eigenvalue weighted by Crippen LogP contribution is -2.33. The molecule has 0 bridgehead atoms. The summed E-state index contributed by atoms with van der Waals surface area (Å²) in [5.41, 5.74) is 0.108. The highest BCUT2D eigenvalue weighted by Crippen LogP contribution is 2.39. The third kappa shape index (κ3) is 3.84. The molecule has 1 fully saturated rings. The average Bonchev–Trinajstić information content (AvgIpc) is 3.29. The van der Waals surface area contributed by atoms with Crippen LogP contribution in [-0.2, 0) is 0 Å². The first-order chi connectivity index (χ1) is 9.60. The van der Waals surface area contributed by atoms with E-state index in [1.165, 1.54) is 12.8 Å². The van der Waals surface area contributed by atoms with Gasteiger partial charge in [-0.2, -0.15) is 0 Å². The first-order valence-corrected chi connectivity index (χ1v) is 8.01. The van der Waals surface area contributed by atoms with E-state index in [-0.39, 0.29) is 5.54 Å². The molecule has 1 aliphatic rings. The molecule has 4 nitrogen and oxygen atoms in total. The Labute approximate surface area is 122 Å².